The van der Waals surface area contributed by atoms with Crippen LogP contribution in [0.1, 0.15) is 21.6 Å². The van der Waals surface area contributed by atoms with Gasteiger partial charge in [0.05, 0.1) is 64.6 Å². The third kappa shape index (κ3) is 8.20. The molecule has 10 heteroatoms. The van der Waals surface area contributed by atoms with E-state index in [2.05, 4.69) is 227 Å². The van der Waals surface area contributed by atoms with Crippen LogP contribution in [-0.2, 0) is 6.42 Å². The standard InChI is InChI=1S/C38H21N3S2.C23H13S.C16H9ClN2S/c1-2-11-23(12-3-1)35-37-36(26-15-7-9-17-31(26)43-37)40-38(39-35)41-29-16-8-6-14-25(29)27-20-28-33(21-30(27)41)42-32-19-18-22-10-4-5-13-24(22)34(28)32;1-4-8-18-14(5-1)9-10-21-23(18)20-13-19-16(12-22(20)24-21)11-15-6-2-3-7-17(15)19;17-16-18-13(10-6-2-1-3-7-10)15-14(19-16)11-8-4-5-9-12(11)20-15/h1-21H;1-9,12-13H,11H2;1-9H/q;+1;. The third-order valence-electron chi connectivity index (χ3n) is 17.0. The molecule has 7 aromatic heterocycles. The Balaban J connectivity index is 0.000000109. The molecule has 0 atom stereocenters. The second-order valence-corrected chi connectivity index (χ2v) is 26.6. The third-order valence-corrected chi connectivity index (χ3v) is 21.7. The Morgan fingerprint density at radius 3 is 1.78 bits per heavy atom. The van der Waals surface area contributed by atoms with E-state index in [1.165, 1.54) is 110 Å². The zero-order chi connectivity index (χ0) is 57.3. The molecule has 11 aromatic carbocycles. The summed E-state index contributed by atoms with van der Waals surface area (Å²) in [5, 5.41) is 11.6. The normalized spacial score (nSPS) is 12.2. The zero-order valence-electron chi connectivity index (χ0n) is 46.1. The monoisotopic (exact) mass is 1200 g/mol. The van der Waals surface area contributed by atoms with Gasteiger partial charge in [0.15, 0.2) is 0 Å². The molecule has 0 radical (unpaired) electrons. The maximum atomic E-state index is 6.11. The number of nitrogens with zero attached hydrogens (tertiary/aromatic N) is 5. The quantitative estimate of drug-likeness (QED) is 0.131. The first-order chi connectivity index (χ1) is 43.0. The maximum Gasteiger partial charge on any atom is 0.235 e. The molecule has 0 unspecified atom stereocenters. The largest absolute Gasteiger partial charge is 0.278 e. The van der Waals surface area contributed by atoms with Crippen molar-refractivity contribution in [2.45, 2.75) is 6.42 Å². The van der Waals surface area contributed by atoms with Gasteiger partial charge in [0.1, 0.15) is 17.2 Å². The number of thiophene rings is 4. The molecule has 5 nitrogen and oxygen atoms in total. The number of benzene rings is 11. The lowest BCUT2D eigenvalue weighted by Gasteiger charge is -2.10. The zero-order valence-corrected chi connectivity index (χ0v) is 50.1. The predicted molar refractivity (Wildman–Crippen MR) is 373 cm³/mol. The summed E-state index contributed by atoms with van der Waals surface area (Å²) in [4.78, 5) is 20.8. The number of rotatable bonds is 3. The van der Waals surface area contributed by atoms with E-state index in [1.54, 1.807) is 22.7 Å². The lowest BCUT2D eigenvalue weighted by molar-refractivity contribution is 1.02. The molecule has 18 aromatic rings. The first-order valence-corrected chi connectivity index (χ1v) is 32.5. The Kier molecular flexibility index (Phi) is 11.7. The lowest BCUT2D eigenvalue weighted by atomic mass is 9.92. The van der Waals surface area contributed by atoms with E-state index >= 15 is 0 Å². The van der Waals surface area contributed by atoms with Crippen LogP contribution in [0.25, 0.3) is 160 Å². The highest BCUT2D eigenvalue weighted by Gasteiger charge is 2.30. The van der Waals surface area contributed by atoms with Crippen LogP contribution in [0.15, 0.2) is 243 Å². The van der Waals surface area contributed by atoms with Crippen molar-refractivity contribution in [3.05, 3.63) is 276 Å². The van der Waals surface area contributed by atoms with Crippen LogP contribution in [0.5, 0.6) is 0 Å². The molecule has 87 heavy (non-hydrogen) atoms. The van der Waals surface area contributed by atoms with Crippen LogP contribution < -0.4 is 0 Å². The van der Waals surface area contributed by atoms with Crippen LogP contribution in [0.3, 0.4) is 0 Å². The van der Waals surface area contributed by atoms with Crippen LogP contribution in [-0.4, -0.2) is 24.5 Å². The highest BCUT2D eigenvalue weighted by atomic mass is 35.5. The van der Waals surface area contributed by atoms with Gasteiger partial charge in [-0.15, -0.1) is 34.0 Å². The summed E-state index contributed by atoms with van der Waals surface area (Å²) >= 11 is 13.3. The molecule has 406 valence electrons. The number of hydrogen-bond donors (Lipinski definition) is 0. The molecule has 0 bridgehead atoms. The van der Waals surface area contributed by atoms with Crippen LogP contribution >= 0.6 is 56.9 Å². The Morgan fingerprint density at radius 2 is 1.01 bits per heavy atom. The van der Waals surface area contributed by atoms with E-state index < -0.39 is 0 Å². The molecular weight excluding hydrogens is 1160 g/mol. The average molecular weight is 1200 g/mol. The number of fused-ring (bicyclic) bond motifs is 22. The molecule has 2 aliphatic carbocycles. The molecule has 0 aliphatic heterocycles. The fourth-order valence-corrected chi connectivity index (χ4v) is 17.9. The van der Waals surface area contributed by atoms with Gasteiger partial charge in [0, 0.05) is 68.3 Å². The van der Waals surface area contributed by atoms with E-state index in [4.69, 9.17) is 21.6 Å². The van der Waals surface area contributed by atoms with Crippen molar-refractivity contribution in [2.75, 3.05) is 0 Å². The highest BCUT2D eigenvalue weighted by Crippen LogP contribution is 2.49. The Hall–Kier alpha value is -9.80. The van der Waals surface area contributed by atoms with Gasteiger partial charge in [0.25, 0.3) is 0 Å². The second kappa shape index (κ2) is 20.2. The van der Waals surface area contributed by atoms with E-state index in [0.717, 1.165) is 65.8 Å². The predicted octanol–water partition coefficient (Wildman–Crippen LogP) is 22.6. The molecule has 2 aliphatic rings. The number of para-hydroxylation sites is 1. The van der Waals surface area contributed by atoms with Crippen LogP contribution in [0, 0.1) is 6.08 Å². The summed E-state index contributed by atoms with van der Waals surface area (Å²) in [6.07, 6.45) is 6.67. The molecule has 20 rings (SSSR count). The summed E-state index contributed by atoms with van der Waals surface area (Å²) in [5.74, 6) is 0.701. The van der Waals surface area contributed by atoms with Gasteiger partial charge >= 0.3 is 0 Å². The minimum atomic E-state index is 0.292. The molecule has 0 fully saturated rings. The summed E-state index contributed by atoms with van der Waals surface area (Å²) in [7, 11) is 0. The van der Waals surface area contributed by atoms with Gasteiger partial charge in [0.2, 0.25) is 16.1 Å². The molecule has 0 spiro atoms. The summed E-state index contributed by atoms with van der Waals surface area (Å²) in [5.41, 5.74) is 17.9. The number of halogens is 1. The van der Waals surface area contributed by atoms with Crippen molar-refractivity contribution in [3.63, 3.8) is 0 Å². The topological polar surface area (TPSA) is 56.5 Å². The van der Waals surface area contributed by atoms with E-state index in [-0.39, 0.29) is 0 Å². The molecule has 0 saturated carbocycles. The van der Waals surface area contributed by atoms with Crippen molar-refractivity contribution in [3.8, 4) is 50.7 Å². The van der Waals surface area contributed by atoms with Gasteiger partial charge in [-0.05, 0) is 112 Å². The average Bonchev–Trinajstić information content (AvgIpc) is 1.79. The number of hydrogen-bond acceptors (Lipinski definition) is 8. The van der Waals surface area contributed by atoms with Crippen molar-refractivity contribution in [1.29, 1.82) is 0 Å². The Morgan fingerprint density at radius 1 is 0.391 bits per heavy atom. The van der Waals surface area contributed by atoms with Gasteiger partial charge in [-0.25, -0.2) is 19.9 Å². The second-order valence-electron chi connectivity index (χ2n) is 22.0. The van der Waals surface area contributed by atoms with E-state index in [0.29, 0.717) is 11.2 Å². The fourth-order valence-electron chi connectivity index (χ4n) is 13.1. The van der Waals surface area contributed by atoms with Crippen molar-refractivity contribution in [2.24, 2.45) is 0 Å². The Bertz CT molecular complexity index is 5890. The summed E-state index contributed by atoms with van der Waals surface area (Å²) in [6, 6.07) is 86.3. The summed E-state index contributed by atoms with van der Waals surface area (Å²) in [6.45, 7) is 0. The highest BCUT2D eigenvalue weighted by molar-refractivity contribution is 7.27. The van der Waals surface area contributed by atoms with Gasteiger partial charge in [-0.2, -0.15) is 0 Å². The lowest BCUT2D eigenvalue weighted by Crippen LogP contribution is -2.02. The molecule has 0 N–H and O–H groups in total. The van der Waals surface area contributed by atoms with E-state index in [1.807, 2.05) is 65.1 Å². The molecular formula is C77H43ClN5S4+. The van der Waals surface area contributed by atoms with Crippen molar-refractivity contribution >= 4 is 166 Å². The van der Waals surface area contributed by atoms with Crippen LogP contribution in [0.2, 0.25) is 5.28 Å². The minimum absolute atomic E-state index is 0.292. The van der Waals surface area contributed by atoms with Gasteiger partial charge < -0.3 is 0 Å². The summed E-state index contributed by atoms with van der Waals surface area (Å²) < 4.78 is 10.9. The van der Waals surface area contributed by atoms with Crippen molar-refractivity contribution in [1.82, 2.24) is 24.5 Å². The maximum absolute atomic E-state index is 6.11. The number of aromatic nitrogens is 5. The Labute approximate surface area is 519 Å². The molecule has 7 heterocycles. The smallest absolute Gasteiger partial charge is 0.235 e. The van der Waals surface area contributed by atoms with E-state index in [9.17, 15) is 0 Å². The van der Waals surface area contributed by atoms with Gasteiger partial charge in [-0.1, -0.05) is 187 Å². The molecule has 0 amide bonds. The first kappa shape index (κ1) is 50.5. The minimum Gasteiger partial charge on any atom is -0.278 e. The van der Waals surface area contributed by atoms with Crippen LogP contribution in [0.4, 0.5) is 0 Å². The van der Waals surface area contributed by atoms with Gasteiger partial charge in [-0.3, -0.25) is 4.57 Å². The first-order valence-electron chi connectivity index (χ1n) is 28.8. The fraction of sp³-hybridized carbons (Fsp3) is 0.0130. The molecule has 0 saturated heterocycles. The van der Waals surface area contributed by atoms with Crippen molar-refractivity contribution < 1.29 is 0 Å². The SMILES string of the molecule is Clc1nc(-c2ccccc2)c2sc3ccccc3c2n1.[C+]1=Cc2ccccc2-c2c1sc1cc3c(cc21)-c1ccccc1C3.c1ccc(-c2nc(-n3c4ccccc4c4cc5c(cc43)sc3ccc4ccccc4c35)nc3c2sc2ccccc23)cc1.